The zero-order valence-corrected chi connectivity index (χ0v) is 12.8. The molecule has 1 heterocycles. The van der Waals surface area contributed by atoms with Crippen molar-refractivity contribution in [2.45, 2.75) is 13.0 Å². The van der Waals surface area contributed by atoms with E-state index < -0.39 is 17.5 Å². The fourth-order valence-corrected chi connectivity index (χ4v) is 3.49. The Morgan fingerprint density at radius 2 is 2.10 bits per heavy atom. The van der Waals surface area contributed by atoms with Crippen LogP contribution in [0.25, 0.3) is 0 Å². The van der Waals surface area contributed by atoms with Crippen LogP contribution < -0.4 is 11.1 Å². The van der Waals surface area contributed by atoms with Crippen molar-refractivity contribution in [1.29, 1.82) is 0 Å². The van der Waals surface area contributed by atoms with Gasteiger partial charge in [-0.1, -0.05) is 0 Å². The minimum Gasteiger partial charge on any atom is -0.375 e. The molecule has 106 valence electrons. The molecule has 3 N–H and O–H groups in total. The minimum atomic E-state index is -0.967. The van der Waals surface area contributed by atoms with Crippen LogP contribution in [0.15, 0.2) is 28.1 Å². The maximum absolute atomic E-state index is 13.7. The second kappa shape index (κ2) is 5.88. The second-order valence-corrected chi connectivity index (χ2v) is 5.98. The maximum Gasteiger partial charge on any atom is 0.251 e. The Balaban J connectivity index is 2.32. The van der Waals surface area contributed by atoms with Gasteiger partial charge in [-0.25, -0.2) is 8.78 Å². The van der Waals surface area contributed by atoms with E-state index in [2.05, 4.69) is 21.2 Å². The van der Waals surface area contributed by atoms with Gasteiger partial charge in [-0.15, -0.1) is 11.3 Å². The van der Waals surface area contributed by atoms with E-state index in [1.54, 1.807) is 0 Å². The van der Waals surface area contributed by atoms with Gasteiger partial charge in [0.2, 0.25) is 0 Å². The predicted octanol–water partition coefficient (Wildman–Crippen LogP) is 4.06. The zero-order valence-electron chi connectivity index (χ0n) is 10.4. The van der Waals surface area contributed by atoms with E-state index in [4.69, 9.17) is 5.73 Å². The molecule has 1 unspecified atom stereocenters. The summed E-state index contributed by atoms with van der Waals surface area (Å²) in [4.78, 5) is 12.0. The van der Waals surface area contributed by atoms with Crippen LogP contribution in [0.5, 0.6) is 0 Å². The molecule has 2 rings (SSSR count). The number of nitrogens with two attached hydrogens (primary N) is 1. The molecule has 0 saturated heterocycles. The van der Waals surface area contributed by atoms with E-state index in [0.717, 1.165) is 15.4 Å². The average Bonchev–Trinajstić information content (AvgIpc) is 2.78. The summed E-state index contributed by atoms with van der Waals surface area (Å²) in [5, 5.41) is 4.80. The summed E-state index contributed by atoms with van der Waals surface area (Å²) < 4.78 is 28.0. The standard InChI is InChI=1S/C13H11BrF2N2OS/c1-6(12-8(14)2-3-20-12)18-11-4-7(13(17)19)9(15)5-10(11)16/h2-6,18H,1H3,(H2,17,19). The van der Waals surface area contributed by atoms with Crippen molar-refractivity contribution in [1.82, 2.24) is 0 Å². The summed E-state index contributed by atoms with van der Waals surface area (Å²) in [6.07, 6.45) is 0. The third-order valence-electron chi connectivity index (χ3n) is 2.73. The van der Waals surface area contributed by atoms with Crippen LogP contribution in [0.2, 0.25) is 0 Å². The lowest BCUT2D eigenvalue weighted by atomic mass is 10.1. The lowest BCUT2D eigenvalue weighted by Gasteiger charge is -2.16. The molecule has 20 heavy (non-hydrogen) atoms. The van der Waals surface area contributed by atoms with E-state index >= 15 is 0 Å². The molecule has 0 aliphatic carbocycles. The highest BCUT2D eigenvalue weighted by atomic mass is 79.9. The van der Waals surface area contributed by atoms with Crippen LogP contribution in [0, 0.1) is 11.6 Å². The molecular formula is C13H11BrF2N2OS. The molecule has 1 atom stereocenters. The van der Waals surface area contributed by atoms with Crippen LogP contribution >= 0.6 is 27.3 Å². The molecule has 7 heteroatoms. The Hall–Kier alpha value is -1.47. The van der Waals surface area contributed by atoms with Gasteiger partial charge in [0.1, 0.15) is 11.6 Å². The Morgan fingerprint density at radius 3 is 2.65 bits per heavy atom. The molecule has 1 aromatic heterocycles. The SMILES string of the molecule is CC(Nc1cc(C(N)=O)c(F)cc1F)c1sccc1Br. The van der Waals surface area contributed by atoms with Gasteiger partial charge in [-0.05, 0) is 40.4 Å². The topological polar surface area (TPSA) is 55.1 Å². The highest BCUT2D eigenvalue weighted by Crippen LogP contribution is 2.32. The van der Waals surface area contributed by atoms with E-state index in [-0.39, 0.29) is 17.3 Å². The van der Waals surface area contributed by atoms with Gasteiger partial charge in [0, 0.05) is 15.4 Å². The summed E-state index contributed by atoms with van der Waals surface area (Å²) in [5.74, 6) is -2.67. The number of nitrogens with one attached hydrogen (secondary N) is 1. The Bertz CT molecular complexity index is 660. The van der Waals surface area contributed by atoms with Crippen molar-refractivity contribution in [2.75, 3.05) is 5.32 Å². The number of amides is 1. The summed E-state index contributed by atoms with van der Waals surface area (Å²) in [6.45, 7) is 1.84. The molecule has 0 bridgehead atoms. The highest BCUT2D eigenvalue weighted by Gasteiger charge is 2.17. The van der Waals surface area contributed by atoms with E-state index in [0.29, 0.717) is 6.07 Å². The number of carbonyl (C=O) groups excluding carboxylic acids is 1. The van der Waals surface area contributed by atoms with Gasteiger partial charge in [0.15, 0.2) is 0 Å². The number of rotatable bonds is 4. The predicted molar refractivity (Wildman–Crippen MR) is 78.9 cm³/mol. The normalized spacial score (nSPS) is 12.2. The largest absolute Gasteiger partial charge is 0.375 e. The van der Waals surface area contributed by atoms with Crippen molar-refractivity contribution < 1.29 is 13.6 Å². The third kappa shape index (κ3) is 2.99. The monoisotopic (exact) mass is 360 g/mol. The Kier molecular flexibility index (Phi) is 4.39. The molecule has 2 aromatic rings. The molecule has 0 radical (unpaired) electrons. The van der Waals surface area contributed by atoms with Gasteiger partial charge in [-0.3, -0.25) is 4.79 Å². The first-order valence-electron chi connectivity index (χ1n) is 5.68. The molecule has 0 saturated carbocycles. The zero-order chi connectivity index (χ0) is 14.9. The van der Waals surface area contributed by atoms with Crippen LogP contribution in [-0.2, 0) is 0 Å². The Labute approximate surface area is 126 Å². The molecule has 0 aliphatic heterocycles. The number of anilines is 1. The van der Waals surface area contributed by atoms with Gasteiger partial charge in [0.05, 0.1) is 17.3 Å². The van der Waals surface area contributed by atoms with Crippen molar-refractivity contribution in [3.63, 3.8) is 0 Å². The highest BCUT2D eigenvalue weighted by molar-refractivity contribution is 9.10. The van der Waals surface area contributed by atoms with Gasteiger partial charge in [0.25, 0.3) is 5.91 Å². The maximum atomic E-state index is 13.7. The summed E-state index contributed by atoms with van der Waals surface area (Å²) >= 11 is 4.89. The van der Waals surface area contributed by atoms with E-state index in [1.807, 2.05) is 18.4 Å². The van der Waals surface area contributed by atoms with Crippen LogP contribution in [0.1, 0.15) is 28.2 Å². The second-order valence-electron chi connectivity index (χ2n) is 4.17. The summed E-state index contributed by atoms with van der Waals surface area (Å²) in [7, 11) is 0. The summed E-state index contributed by atoms with van der Waals surface area (Å²) in [6, 6.07) is 3.42. The van der Waals surface area contributed by atoms with Crippen LogP contribution in [0.4, 0.5) is 14.5 Å². The fraction of sp³-hybridized carbons (Fsp3) is 0.154. The molecule has 1 aromatic carbocycles. The van der Waals surface area contributed by atoms with Gasteiger partial charge < -0.3 is 11.1 Å². The lowest BCUT2D eigenvalue weighted by Crippen LogP contribution is -2.15. The Morgan fingerprint density at radius 1 is 1.40 bits per heavy atom. The number of hydrogen-bond acceptors (Lipinski definition) is 3. The fourth-order valence-electron chi connectivity index (χ4n) is 1.76. The average molecular weight is 361 g/mol. The molecule has 0 aliphatic rings. The van der Waals surface area contributed by atoms with E-state index in [1.165, 1.54) is 11.3 Å². The first-order chi connectivity index (χ1) is 9.40. The van der Waals surface area contributed by atoms with Crippen molar-refractivity contribution in [2.24, 2.45) is 5.73 Å². The van der Waals surface area contributed by atoms with E-state index in [9.17, 15) is 13.6 Å². The number of primary amides is 1. The first-order valence-corrected chi connectivity index (χ1v) is 7.35. The minimum absolute atomic E-state index is 0.0352. The molecular weight excluding hydrogens is 350 g/mol. The van der Waals surface area contributed by atoms with Crippen LogP contribution in [-0.4, -0.2) is 5.91 Å². The first kappa shape index (κ1) is 14.9. The number of halogens is 3. The van der Waals surface area contributed by atoms with Crippen molar-refractivity contribution in [3.05, 3.63) is 50.1 Å². The smallest absolute Gasteiger partial charge is 0.251 e. The molecule has 3 nitrogen and oxygen atoms in total. The molecule has 0 fully saturated rings. The quantitative estimate of drug-likeness (QED) is 0.863. The lowest BCUT2D eigenvalue weighted by molar-refractivity contribution is 0.0996. The van der Waals surface area contributed by atoms with Gasteiger partial charge in [-0.2, -0.15) is 0 Å². The summed E-state index contributed by atoms with van der Waals surface area (Å²) in [5.41, 5.74) is 4.74. The molecule has 1 amide bonds. The van der Waals surface area contributed by atoms with Gasteiger partial charge >= 0.3 is 0 Å². The van der Waals surface area contributed by atoms with Crippen molar-refractivity contribution in [3.8, 4) is 0 Å². The number of thiophene rings is 1. The number of carbonyl (C=O) groups is 1. The van der Waals surface area contributed by atoms with Crippen molar-refractivity contribution >= 4 is 38.9 Å². The van der Waals surface area contributed by atoms with Crippen LogP contribution in [0.3, 0.4) is 0 Å². The number of benzene rings is 1. The third-order valence-corrected chi connectivity index (χ3v) is 4.79. The number of hydrogen-bond donors (Lipinski definition) is 2. The molecule has 0 spiro atoms.